The van der Waals surface area contributed by atoms with E-state index in [9.17, 15) is 5.26 Å². The predicted octanol–water partition coefficient (Wildman–Crippen LogP) is 2.78. The molecule has 0 unspecified atom stereocenters. The molecule has 23 heavy (non-hydrogen) atoms. The molecule has 0 amide bonds. The monoisotopic (exact) mass is 311 g/mol. The molecule has 1 fully saturated rings. The van der Waals surface area contributed by atoms with E-state index in [1.165, 1.54) is 0 Å². The first-order chi connectivity index (χ1) is 11.3. The number of nitrogens with zero attached hydrogens (tertiary/aromatic N) is 4. The van der Waals surface area contributed by atoms with Crippen molar-refractivity contribution >= 4 is 5.69 Å². The second kappa shape index (κ2) is 7.25. The van der Waals surface area contributed by atoms with Crippen molar-refractivity contribution in [3.8, 4) is 11.8 Å². The molecule has 0 saturated carbocycles. The van der Waals surface area contributed by atoms with Gasteiger partial charge in [0.2, 0.25) is 0 Å². The molecule has 1 saturated heterocycles. The Hall–Kier alpha value is -2.39. The number of anilines is 1. The van der Waals surface area contributed by atoms with Crippen molar-refractivity contribution in [2.24, 2.45) is 5.41 Å². The molecule has 1 N–H and O–H groups in total. The van der Waals surface area contributed by atoms with Crippen molar-refractivity contribution in [1.29, 1.82) is 5.26 Å². The number of hydrogen-bond acceptors (Lipinski definition) is 5. The van der Waals surface area contributed by atoms with Gasteiger partial charge in [0.1, 0.15) is 0 Å². The minimum Gasteiger partial charge on any atom is -0.385 e. The Morgan fingerprint density at radius 3 is 2.96 bits per heavy atom. The fraction of sp³-hybridized carbons (Fsp3) is 0.471. The van der Waals surface area contributed by atoms with Gasteiger partial charge in [-0.2, -0.15) is 5.26 Å². The van der Waals surface area contributed by atoms with Gasteiger partial charge in [-0.15, -0.1) is 5.10 Å². The zero-order valence-electron chi connectivity index (χ0n) is 13.1. The summed E-state index contributed by atoms with van der Waals surface area (Å²) < 4.78 is 7.10. The van der Waals surface area contributed by atoms with Crippen LogP contribution in [0.1, 0.15) is 25.7 Å². The minimum atomic E-state index is -0.192. The summed E-state index contributed by atoms with van der Waals surface area (Å²) in [5, 5.41) is 20.7. The molecule has 2 aromatic rings. The smallest absolute Gasteiger partial charge is 0.0697 e. The molecule has 0 atom stereocenters. The lowest BCUT2D eigenvalue weighted by Crippen LogP contribution is -2.28. The topological polar surface area (TPSA) is 75.8 Å². The van der Waals surface area contributed by atoms with Gasteiger partial charge in [-0.25, -0.2) is 4.68 Å². The van der Waals surface area contributed by atoms with Crippen LogP contribution in [0.15, 0.2) is 36.7 Å². The molecule has 1 aliphatic rings. The van der Waals surface area contributed by atoms with Crippen LogP contribution in [-0.4, -0.2) is 34.8 Å². The van der Waals surface area contributed by atoms with Gasteiger partial charge in [-0.3, -0.25) is 0 Å². The van der Waals surface area contributed by atoms with Crippen LogP contribution in [0.5, 0.6) is 0 Å². The molecule has 2 heterocycles. The van der Waals surface area contributed by atoms with Crippen molar-refractivity contribution < 1.29 is 4.74 Å². The number of nitrogens with one attached hydrogen (secondary N) is 1. The van der Waals surface area contributed by atoms with Crippen LogP contribution in [0.4, 0.5) is 5.69 Å². The van der Waals surface area contributed by atoms with Crippen LogP contribution in [-0.2, 0) is 4.74 Å². The average molecular weight is 311 g/mol. The Kier molecular flexibility index (Phi) is 4.89. The average Bonchev–Trinajstić information content (AvgIpc) is 3.15. The van der Waals surface area contributed by atoms with E-state index in [-0.39, 0.29) is 5.41 Å². The number of ether oxygens (including phenoxy) is 1. The van der Waals surface area contributed by atoms with Crippen LogP contribution in [0.2, 0.25) is 0 Å². The second-order valence-electron chi connectivity index (χ2n) is 5.93. The highest BCUT2D eigenvalue weighted by molar-refractivity contribution is 5.50. The minimum absolute atomic E-state index is 0.192. The van der Waals surface area contributed by atoms with E-state index in [1.54, 1.807) is 10.9 Å². The quantitative estimate of drug-likeness (QED) is 0.830. The molecule has 120 valence electrons. The third kappa shape index (κ3) is 3.88. The van der Waals surface area contributed by atoms with Gasteiger partial charge in [-0.05, 0) is 43.9 Å². The van der Waals surface area contributed by atoms with Gasteiger partial charge in [0, 0.05) is 25.4 Å². The standard InChI is InChI=1S/C17H21N5O/c18-14-17(6-11-23-12-7-17)5-2-8-19-15-3-1-4-16(13-15)22-10-9-20-21-22/h1,3-4,9-10,13,19H,2,5-8,11-12H2. The van der Waals surface area contributed by atoms with Crippen LogP contribution in [0, 0.1) is 16.7 Å². The molecule has 6 nitrogen and oxygen atoms in total. The van der Waals surface area contributed by atoms with Gasteiger partial charge in [0.25, 0.3) is 0 Å². The zero-order chi connectivity index (χ0) is 16.0. The lowest BCUT2D eigenvalue weighted by atomic mass is 9.78. The predicted molar refractivity (Wildman–Crippen MR) is 87.2 cm³/mol. The number of hydrogen-bond donors (Lipinski definition) is 1. The maximum absolute atomic E-state index is 9.46. The van der Waals surface area contributed by atoms with E-state index >= 15 is 0 Å². The fourth-order valence-electron chi connectivity index (χ4n) is 2.94. The van der Waals surface area contributed by atoms with Crippen LogP contribution in [0.25, 0.3) is 5.69 Å². The molecule has 0 radical (unpaired) electrons. The third-order valence-corrected chi connectivity index (χ3v) is 4.38. The fourth-order valence-corrected chi connectivity index (χ4v) is 2.94. The van der Waals surface area contributed by atoms with Crippen LogP contribution < -0.4 is 5.32 Å². The van der Waals surface area contributed by atoms with E-state index in [1.807, 2.05) is 30.5 Å². The molecule has 0 aliphatic carbocycles. The van der Waals surface area contributed by atoms with E-state index < -0.39 is 0 Å². The van der Waals surface area contributed by atoms with E-state index in [0.717, 1.165) is 43.6 Å². The van der Waals surface area contributed by atoms with Crippen LogP contribution in [0.3, 0.4) is 0 Å². The number of benzene rings is 1. The highest BCUT2D eigenvalue weighted by Gasteiger charge is 2.31. The largest absolute Gasteiger partial charge is 0.385 e. The summed E-state index contributed by atoms with van der Waals surface area (Å²) >= 11 is 0. The lowest BCUT2D eigenvalue weighted by Gasteiger charge is -2.30. The summed E-state index contributed by atoms with van der Waals surface area (Å²) in [5.74, 6) is 0. The zero-order valence-corrected chi connectivity index (χ0v) is 13.1. The highest BCUT2D eigenvalue weighted by atomic mass is 16.5. The summed E-state index contributed by atoms with van der Waals surface area (Å²) in [6, 6.07) is 10.6. The van der Waals surface area contributed by atoms with E-state index in [0.29, 0.717) is 13.2 Å². The summed E-state index contributed by atoms with van der Waals surface area (Å²) in [6.45, 7) is 2.27. The first-order valence-corrected chi connectivity index (χ1v) is 8.01. The van der Waals surface area contributed by atoms with E-state index in [2.05, 4.69) is 21.7 Å². The molecule has 3 rings (SSSR count). The summed E-state index contributed by atoms with van der Waals surface area (Å²) in [5.41, 5.74) is 1.84. The number of rotatable bonds is 6. The molecular weight excluding hydrogens is 290 g/mol. The summed E-state index contributed by atoms with van der Waals surface area (Å²) in [4.78, 5) is 0. The Labute approximate surface area is 136 Å². The van der Waals surface area contributed by atoms with Crippen LogP contribution >= 0.6 is 0 Å². The van der Waals surface area contributed by atoms with Gasteiger partial charge >= 0.3 is 0 Å². The molecule has 0 bridgehead atoms. The van der Waals surface area contributed by atoms with Gasteiger partial charge in [-0.1, -0.05) is 11.3 Å². The second-order valence-corrected chi connectivity index (χ2v) is 5.93. The molecule has 0 spiro atoms. The number of aromatic nitrogens is 3. The van der Waals surface area contributed by atoms with Crippen molar-refractivity contribution in [3.05, 3.63) is 36.7 Å². The Bertz CT molecular complexity index is 656. The Morgan fingerprint density at radius 2 is 2.22 bits per heavy atom. The highest BCUT2D eigenvalue weighted by Crippen LogP contribution is 2.34. The van der Waals surface area contributed by atoms with Crippen molar-refractivity contribution in [1.82, 2.24) is 15.0 Å². The third-order valence-electron chi connectivity index (χ3n) is 4.38. The van der Waals surface area contributed by atoms with Gasteiger partial charge in [0.05, 0.1) is 29.6 Å². The first kappa shape index (κ1) is 15.5. The maximum Gasteiger partial charge on any atom is 0.0697 e. The normalized spacial score (nSPS) is 16.7. The molecular formula is C17H21N5O. The SMILES string of the molecule is N#CC1(CCCNc2cccc(-n3ccnn3)c2)CCOCC1. The molecule has 1 aromatic heterocycles. The summed E-state index contributed by atoms with van der Waals surface area (Å²) in [7, 11) is 0. The van der Waals surface area contributed by atoms with Gasteiger partial charge in [0.15, 0.2) is 0 Å². The van der Waals surface area contributed by atoms with Crippen molar-refractivity contribution in [2.75, 3.05) is 25.1 Å². The van der Waals surface area contributed by atoms with E-state index in [4.69, 9.17) is 4.74 Å². The van der Waals surface area contributed by atoms with Gasteiger partial charge < -0.3 is 10.1 Å². The van der Waals surface area contributed by atoms with Crippen molar-refractivity contribution in [3.63, 3.8) is 0 Å². The molecule has 1 aliphatic heterocycles. The maximum atomic E-state index is 9.46. The number of nitriles is 1. The molecule has 6 heteroatoms. The first-order valence-electron chi connectivity index (χ1n) is 8.01. The molecule has 1 aromatic carbocycles. The Morgan fingerprint density at radius 1 is 1.35 bits per heavy atom. The van der Waals surface area contributed by atoms with Crippen molar-refractivity contribution in [2.45, 2.75) is 25.7 Å². The summed E-state index contributed by atoms with van der Waals surface area (Å²) in [6.07, 6.45) is 7.08. The lowest BCUT2D eigenvalue weighted by molar-refractivity contribution is 0.0365. The Balaban J connectivity index is 1.51.